The Kier molecular flexibility index (Phi) is 6.36. The van der Waals surface area contributed by atoms with Crippen LogP contribution in [0.1, 0.15) is 30.0 Å². The van der Waals surface area contributed by atoms with Crippen LogP contribution in [0, 0.1) is 5.82 Å². The second-order valence-corrected chi connectivity index (χ2v) is 6.63. The van der Waals surface area contributed by atoms with Crippen molar-refractivity contribution < 1.29 is 23.4 Å². The molecule has 0 spiro atoms. The molecule has 1 heterocycles. The van der Waals surface area contributed by atoms with E-state index in [4.69, 9.17) is 14.2 Å². The SMILES string of the molecule is COc1cc(CN[C@@H]2CCC(=O)N[C@H]2c2ccccc2F)cc(OC)c1OC. The van der Waals surface area contributed by atoms with E-state index in [-0.39, 0.29) is 17.8 Å². The maximum absolute atomic E-state index is 14.3. The van der Waals surface area contributed by atoms with Crippen molar-refractivity contribution in [3.63, 3.8) is 0 Å². The molecule has 1 amide bonds. The topological polar surface area (TPSA) is 68.8 Å². The minimum atomic E-state index is -0.426. The van der Waals surface area contributed by atoms with Crippen LogP contribution in [0.5, 0.6) is 17.2 Å². The van der Waals surface area contributed by atoms with Crippen LogP contribution in [0.2, 0.25) is 0 Å². The summed E-state index contributed by atoms with van der Waals surface area (Å²) < 4.78 is 30.4. The Morgan fingerprint density at radius 2 is 1.79 bits per heavy atom. The van der Waals surface area contributed by atoms with Crippen molar-refractivity contribution >= 4 is 5.91 Å². The summed E-state index contributed by atoms with van der Waals surface area (Å²) in [6.45, 7) is 0.502. The Balaban J connectivity index is 1.80. The van der Waals surface area contributed by atoms with Gasteiger partial charge in [0, 0.05) is 24.6 Å². The fraction of sp³-hybridized carbons (Fsp3) is 0.381. The lowest BCUT2D eigenvalue weighted by Gasteiger charge is -2.33. The number of benzene rings is 2. The molecule has 0 bridgehead atoms. The van der Waals surface area contributed by atoms with Gasteiger partial charge in [0.1, 0.15) is 5.82 Å². The number of carbonyl (C=O) groups is 1. The summed E-state index contributed by atoms with van der Waals surface area (Å²) in [6, 6.07) is 9.74. The Bertz CT molecular complexity index is 818. The molecule has 2 N–H and O–H groups in total. The quantitative estimate of drug-likeness (QED) is 0.763. The molecule has 28 heavy (non-hydrogen) atoms. The number of halogens is 1. The van der Waals surface area contributed by atoms with E-state index in [1.807, 2.05) is 12.1 Å². The van der Waals surface area contributed by atoms with E-state index in [2.05, 4.69) is 10.6 Å². The third kappa shape index (κ3) is 4.20. The molecule has 0 radical (unpaired) electrons. The van der Waals surface area contributed by atoms with Gasteiger partial charge in [0.05, 0.1) is 27.4 Å². The van der Waals surface area contributed by atoms with Gasteiger partial charge < -0.3 is 24.8 Å². The normalized spacial score (nSPS) is 19.1. The molecule has 1 aliphatic rings. The van der Waals surface area contributed by atoms with Crippen molar-refractivity contribution in [3.05, 3.63) is 53.3 Å². The highest BCUT2D eigenvalue weighted by molar-refractivity contribution is 5.77. The van der Waals surface area contributed by atoms with Crippen LogP contribution in [0.3, 0.4) is 0 Å². The fourth-order valence-electron chi connectivity index (χ4n) is 3.53. The van der Waals surface area contributed by atoms with Crippen molar-refractivity contribution in [3.8, 4) is 17.2 Å². The Hall–Kier alpha value is -2.80. The highest BCUT2D eigenvalue weighted by Crippen LogP contribution is 2.38. The van der Waals surface area contributed by atoms with Gasteiger partial charge in [-0.3, -0.25) is 4.79 Å². The van der Waals surface area contributed by atoms with Crippen LogP contribution >= 0.6 is 0 Å². The van der Waals surface area contributed by atoms with Crippen molar-refractivity contribution in [2.45, 2.75) is 31.5 Å². The standard InChI is InChI=1S/C21H25FN2O4/c1-26-17-10-13(11-18(27-2)21(17)28-3)12-23-16-8-9-19(25)24-20(16)14-6-4-5-7-15(14)22/h4-7,10-11,16,20,23H,8-9,12H2,1-3H3,(H,24,25)/t16-,20+/m1/s1. The van der Waals surface area contributed by atoms with E-state index in [1.165, 1.54) is 6.07 Å². The first-order valence-corrected chi connectivity index (χ1v) is 9.13. The van der Waals surface area contributed by atoms with E-state index in [0.717, 1.165) is 5.56 Å². The molecule has 6 nitrogen and oxygen atoms in total. The van der Waals surface area contributed by atoms with Crippen molar-refractivity contribution in [1.29, 1.82) is 0 Å². The first kappa shape index (κ1) is 19.9. The average Bonchev–Trinajstić information content (AvgIpc) is 2.72. The number of piperidine rings is 1. The fourth-order valence-corrected chi connectivity index (χ4v) is 3.53. The Labute approximate surface area is 164 Å². The zero-order valence-corrected chi connectivity index (χ0v) is 16.3. The van der Waals surface area contributed by atoms with Crippen LogP contribution in [0.4, 0.5) is 4.39 Å². The number of carbonyl (C=O) groups excluding carboxylic acids is 1. The molecule has 0 saturated carbocycles. The van der Waals surface area contributed by atoms with E-state index in [0.29, 0.717) is 42.2 Å². The molecule has 3 rings (SSSR count). The molecule has 150 valence electrons. The van der Waals surface area contributed by atoms with Gasteiger partial charge in [-0.25, -0.2) is 4.39 Å². The highest BCUT2D eigenvalue weighted by atomic mass is 19.1. The Morgan fingerprint density at radius 1 is 1.11 bits per heavy atom. The second-order valence-electron chi connectivity index (χ2n) is 6.63. The number of methoxy groups -OCH3 is 3. The van der Waals surface area contributed by atoms with Crippen LogP contribution < -0.4 is 24.8 Å². The zero-order chi connectivity index (χ0) is 20.1. The number of amides is 1. The van der Waals surface area contributed by atoms with Gasteiger partial charge in [-0.1, -0.05) is 18.2 Å². The summed E-state index contributed by atoms with van der Waals surface area (Å²) >= 11 is 0. The first-order valence-electron chi connectivity index (χ1n) is 9.13. The van der Waals surface area contributed by atoms with Gasteiger partial charge in [0.15, 0.2) is 11.5 Å². The predicted octanol–water partition coefficient (Wildman–Crippen LogP) is 2.96. The van der Waals surface area contributed by atoms with Gasteiger partial charge >= 0.3 is 0 Å². The highest BCUT2D eigenvalue weighted by Gasteiger charge is 2.31. The molecule has 2 aromatic rings. The molecule has 7 heteroatoms. The molecule has 2 atom stereocenters. The maximum atomic E-state index is 14.3. The van der Waals surface area contributed by atoms with Crippen molar-refractivity contribution in [1.82, 2.24) is 10.6 Å². The molecule has 0 aliphatic carbocycles. The van der Waals surface area contributed by atoms with Gasteiger partial charge in [-0.2, -0.15) is 0 Å². The van der Waals surface area contributed by atoms with Gasteiger partial charge in [0.25, 0.3) is 0 Å². The van der Waals surface area contributed by atoms with Crippen LogP contribution in [-0.4, -0.2) is 33.3 Å². The number of nitrogens with one attached hydrogen (secondary N) is 2. The number of hydrogen-bond donors (Lipinski definition) is 2. The summed E-state index contributed by atoms with van der Waals surface area (Å²) in [5.74, 6) is 1.28. The predicted molar refractivity (Wildman–Crippen MR) is 103 cm³/mol. The van der Waals surface area contributed by atoms with E-state index >= 15 is 0 Å². The summed E-state index contributed by atoms with van der Waals surface area (Å²) in [7, 11) is 4.70. The molecule has 1 saturated heterocycles. The summed E-state index contributed by atoms with van der Waals surface area (Å²) in [4.78, 5) is 11.9. The number of hydrogen-bond acceptors (Lipinski definition) is 5. The second kappa shape index (κ2) is 8.93. The maximum Gasteiger partial charge on any atom is 0.220 e. The molecule has 1 aliphatic heterocycles. The number of ether oxygens (including phenoxy) is 3. The molecular formula is C21H25FN2O4. The van der Waals surface area contributed by atoms with E-state index in [9.17, 15) is 9.18 Å². The molecule has 0 aromatic heterocycles. The summed E-state index contributed by atoms with van der Waals surface area (Å²) in [6.07, 6.45) is 1.02. The molecule has 1 fully saturated rings. The third-order valence-electron chi connectivity index (χ3n) is 4.93. The van der Waals surface area contributed by atoms with E-state index in [1.54, 1.807) is 39.5 Å². The molecule has 0 unspecified atom stereocenters. The Morgan fingerprint density at radius 3 is 2.39 bits per heavy atom. The summed E-state index contributed by atoms with van der Waals surface area (Å²) in [5.41, 5.74) is 1.41. The monoisotopic (exact) mass is 388 g/mol. The number of rotatable bonds is 7. The van der Waals surface area contributed by atoms with E-state index < -0.39 is 6.04 Å². The largest absolute Gasteiger partial charge is 0.493 e. The van der Waals surface area contributed by atoms with Gasteiger partial charge in [0.2, 0.25) is 11.7 Å². The van der Waals surface area contributed by atoms with Crippen LogP contribution in [0.25, 0.3) is 0 Å². The third-order valence-corrected chi connectivity index (χ3v) is 4.93. The molecular weight excluding hydrogens is 363 g/mol. The zero-order valence-electron chi connectivity index (χ0n) is 16.3. The minimum absolute atomic E-state index is 0.0703. The minimum Gasteiger partial charge on any atom is -0.493 e. The van der Waals surface area contributed by atoms with Gasteiger partial charge in [-0.15, -0.1) is 0 Å². The molecule has 2 aromatic carbocycles. The summed E-state index contributed by atoms with van der Waals surface area (Å²) in [5, 5.41) is 6.35. The lowest BCUT2D eigenvalue weighted by molar-refractivity contribution is -0.123. The van der Waals surface area contributed by atoms with Crippen molar-refractivity contribution in [2.24, 2.45) is 0 Å². The first-order chi connectivity index (χ1) is 13.6. The van der Waals surface area contributed by atoms with Crippen molar-refractivity contribution in [2.75, 3.05) is 21.3 Å². The smallest absolute Gasteiger partial charge is 0.220 e. The van der Waals surface area contributed by atoms with Gasteiger partial charge in [-0.05, 0) is 30.2 Å². The van der Waals surface area contributed by atoms with Crippen LogP contribution in [-0.2, 0) is 11.3 Å². The van der Waals surface area contributed by atoms with Crippen LogP contribution in [0.15, 0.2) is 36.4 Å². The lowest BCUT2D eigenvalue weighted by Crippen LogP contribution is -2.48. The lowest BCUT2D eigenvalue weighted by atomic mass is 9.91. The average molecular weight is 388 g/mol.